The van der Waals surface area contributed by atoms with Crippen molar-refractivity contribution in [1.29, 1.82) is 0 Å². The van der Waals surface area contributed by atoms with Crippen molar-refractivity contribution in [3.63, 3.8) is 0 Å². The summed E-state index contributed by atoms with van der Waals surface area (Å²) in [4.78, 5) is 26.0. The maximum atomic E-state index is 13.5. The molecule has 0 aromatic heterocycles. The zero-order valence-corrected chi connectivity index (χ0v) is 21.8. The van der Waals surface area contributed by atoms with Crippen molar-refractivity contribution in [2.24, 2.45) is 46.3 Å². The van der Waals surface area contributed by atoms with Gasteiger partial charge in [-0.05, 0) is 93.8 Å². The van der Waals surface area contributed by atoms with Crippen molar-refractivity contribution in [2.45, 2.75) is 110 Å². The Morgan fingerprint density at radius 3 is 2.53 bits per heavy atom. The summed E-state index contributed by atoms with van der Waals surface area (Å²) < 4.78 is 0. The molecule has 6 nitrogen and oxygen atoms in total. The average Bonchev–Trinajstić information content (AvgIpc) is 3.12. The van der Waals surface area contributed by atoms with E-state index in [4.69, 9.17) is 0 Å². The Hall–Kier alpha value is -0.980. The van der Waals surface area contributed by atoms with Crippen LogP contribution in [0, 0.1) is 46.3 Å². The summed E-state index contributed by atoms with van der Waals surface area (Å²) in [5, 5.41) is 34.2. The molecule has 194 valence electrons. The zero-order chi connectivity index (χ0) is 25.1. The zero-order valence-electron chi connectivity index (χ0n) is 21.8. The topological polar surface area (TPSA) is 107 Å². The minimum atomic E-state index is -0.621. The normalized spacial score (nSPS) is 45.2. The molecule has 10 atom stereocenters. The molecule has 4 N–H and O–H groups in total. The van der Waals surface area contributed by atoms with Crippen LogP contribution in [-0.2, 0) is 9.59 Å². The van der Waals surface area contributed by atoms with E-state index in [0.717, 1.165) is 38.5 Å². The number of aliphatic hydroxyl groups excluding tert-OH is 3. The third-order valence-electron chi connectivity index (χ3n) is 11.0. The van der Waals surface area contributed by atoms with Crippen LogP contribution in [0.2, 0.25) is 0 Å². The monoisotopic (exact) mass is 477 g/mol. The first-order valence-corrected chi connectivity index (χ1v) is 13.6. The van der Waals surface area contributed by atoms with E-state index in [1.54, 1.807) is 0 Å². The average molecular weight is 478 g/mol. The van der Waals surface area contributed by atoms with E-state index >= 15 is 0 Å². The van der Waals surface area contributed by atoms with Gasteiger partial charge < -0.3 is 20.6 Å². The van der Waals surface area contributed by atoms with Gasteiger partial charge in [-0.3, -0.25) is 9.59 Å². The Balaban J connectivity index is 1.49. The van der Waals surface area contributed by atoms with Crippen molar-refractivity contribution in [1.82, 2.24) is 5.32 Å². The number of carbonyl (C=O) groups is 2. The second-order valence-corrected chi connectivity index (χ2v) is 13.4. The highest BCUT2D eigenvalue weighted by atomic mass is 16.3. The van der Waals surface area contributed by atoms with Gasteiger partial charge in [0.1, 0.15) is 5.78 Å². The number of hydrogen-bond acceptors (Lipinski definition) is 5. The quantitative estimate of drug-likeness (QED) is 0.469. The van der Waals surface area contributed by atoms with Gasteiger partial charge in [-0.1, -0.05) is 20.8 Å². The number of amides is 1. The van der Waals surface area contributed by atoms with Gasteiger partial charge in [0.2, 0.25) is 5.91 Å². The highest BCUT2D eigenvalue weighted by Gasteiger charge is 2.65. The van der Waals surface area contributed by atoms with Crippen molar-refractivity contribution in [2.75, 3.05) is 6.61 Å². The minimum Gasteiger partial charge on any atom is -0.394 e. The lowest BCUT2D eigenvalue weighted by molar-refractivity contribution is -0.182. The highest BCUT2D eigenvalue weighted by Crippen LogP contribution is 2.67. The SMILES string of the molecule is C[C@H](CCC(=O)NC(C)(C)CO)[C@H]1CC[C@H]2[C@@H]3C(=O)C[C@@H]4C[C@H](O)CC[C@]4(C)[C@H]3C[C@H](O)[C@]12C. The van der Waals surface area contributed by atoms with Crippen LogP contribution in [0.3, 0.4) is 0 Å². The van der Waals surface area contributed by atoms with Gasteiger partial charge in [0.05, 0.1) is 24.4 Å². The molecule has 4 aliphatic carbocycles. The minimum absolute atomic E-state index is 0.0238. The van der Waals surface area contributed by atoms with Gasteiger partial charge in [0.15, 0.2) is 0 Å². The molecule has 4 aliphatic rings. The number of fused-ring (bicyclic) bond motifs is 5. The Kier molecular flexibility index (Phi) is 7.02. The van der Waals surface area contributed by atoms with Gasteiger partial charge in [-0.25, -0.2) is 0 Å². The molecule has 0 heterocycles. The predicted molar refractivity (Wildman–Crippen MR) is 131 cm³/mol. The van der Waals surface area contributed by atoms with Crippen LogP contribution >= 0.6 is 0 Å². The molecule has 0 spiro atoms. The molecule has 4 saturated carbocycles. The van der Waals surface area contributed by atoms with Gasteiger partial charge in [0, 0.05) is 24.2 Å². The van der Waals surface area contributed by atoms with Crippen LogP contribution in [0.15, 0.2) is 0 Å². The lowest BCUT2D eigenvalue weighted by Crippen LogP contribution is -2.61. The van der Waals surface area contributed by atoms with Crippen LogP contribution in [0.25, 0.3) is 0 Å². The Morgan fingerprint density at radius 2 is 1.85 bits per heavy atom. The summed E-state index contributed by atoms with van der Waals surface area (Å²) in [7, 11) is 0. The summed E-state index contributed by atoms with van der Waals surface area (Å²) in [5.41, 5.74) is -0.889. The van der Waals surface area contributed by atoms with Crippen molar-refractivity contribution in [3.8, 4) is 0 Å². The number of nitrogens with one attached hydrogen (secondary N) is 1. The molecular formula is C28H47NO5. The van der Waals surface area contributed by atoms with Crippen LogP contribution in [-0.4, -0.2) is 51.4 Å². The number of ketones is 1. The first kappa shape index (κ1) is 26.1. The maximum absolute atomic E-state index is 13.5. The van der Waals surface area contributed by atoms with Crippen molar-refractivity contribution in [3.05, 3.63) is 0 Å². The molecule has 0 bridgehead atoms. The van der Waals surface area contributed by atoms with Crippen molar-refractivity contribution >= 4 is 11.7 Å². The third-order valence-corrected chi connectivity index (χ3v) is 11.0. The van der Waals surface area contributed by atoms with Gasteiger partial charge in [-0.15, -0.1) is 0 Å². The molecule has 0 unspecified atom stereocenters. The van der Waals surface area contributed by atoms with Gasteiger partial charge in [0.25, 0.3) is 0 Å². The lowest BCUT2D eigenvalue weighted by Gasteiger charge is -2.61. The second kappa shape index (κ2) is 9.15. The van der Waals surface area contributed by atoms with E-state index in [-0.39, 0.29) is 59.0 Å². The summed E-state index contributed by atoms with van der Waals surface area (Å²) >= 11 is 0. The summed E-state index contributed by atoms with van der Waals surface area (Å²) in [6.07, 6.45) is 6.13. The summed E-state index contributed by atoms with van der Waals surface area (Å²) in [6, 6.07) is 0. The van der Waals surface area contributed by atoms with Crippen LogP contribution in [0.4, 0.5) is 0 Å². The molecule has 34 heavy (non-hydrogen) atoms. The smallest absolute Gasteiger partial charge is 0.220 e. The molecule has 0 aromatic carbocycles. The fourth-order valence-electron chi connectivity index (χ4n) is 8.88. The van der Waals surface area contributed by atoms with Crippen LogP contribution in [0.5, 0.6) is 0 Å². The van der Waals surface area contributed by atoms with E-state index < -0.39 is 11.6 Å². The lowest BCUT2D eigenvalue weighted by atomic mass is 9.43. The molecule has 0 aliphatic heterocycles. The van der Waals surface area contributed by atoms with E-state index in [1.165, 1.54) is 0 Å². The molecule has 0 aromatic rings. The standard InChI is InChI=1S/C28H47NO5/c1-16(6-9-24(34)29-26(2,3)15-30)19-7-8-20-25-21(14-23(33)28(19,20)5)27(4)11-10-18(31)12-17(27)13-22(25)32/h16-21,23,25,30-31,33H,6-15H2,1-5H3,(H,29,34)/t16-,17+,18-,19-,20+,21+,23+,25+,27+,28-/m1/s1. The largest absolute Gasteiger partial charge is 0.394 e. The Labute approximate surface area is 205 Å². The number of carbonyl (C=O) groups excluding carboxylic acids is 2. The molecular weight excluding hydrogens is 430 g/mol. The molecule has 6 heteroatoms. The van der Waals surface area contributed by atoms with Crippen molar-refractivity contribution < 1.29 is 24.9 Å². The number of hydrogen-bond donors (Lipinski definition) is 4. The number of aliphatic hydroxyl groups is 3. The summed E-state index contributed by atoms with van der Waals surface area (Å²) in [6.45, 7) is 10.3. The van der Waals surface area contributed by atoms with Crippen LogP contribution < -0.4 is 5.32 Å². The molecule has 0 radical (unpaired) electrons. The number of rotatable bonds is 6. The Morgan fingerprint density at radius 1 is 1.15 bits per heavy atom. The molecule has 1 amide bonds. The molecule has 4 rings (SSSR count). The van der Waals surface area contributed by atoms with E-state index in [9.17, 15) is 24.9 Å². The third kappa shape index (κ3) is 4.26. The van der Waals surface area contributed by atoms with E-state index in [1.807, 2.05) is 13.8 Å². The fraction of sp³-hybridized carbons (Fsp3) is 0.929. The first-order valence-electron chi connectivity index (χ1n) is 13.6. The molecule has 0 saturated heterocycles. The van der Waals surface area contributed by atoms with E-state index in [2.05, 4.69) is 26.1 Å². The maximum Gasteiger partial charge on any atom is 0.220 e. The Bertz CT molecular complexity index is 798. The molecule has 4 fully saturated rings. The first-order chi connectivity index (χ1) is 15.8. The predicted octanol–water partition coefficient (Wildman–Crippen LogP) is 3.46. The van der Waals surface area contributed by atoms with Crippen LogP contribution in [0.1, 0.15) is 92.4 Å². The second-order valence-electron chi connectivity index (χ2n) is 13.4. The fourth-order valence-corrected chi connectivity index (χ4v) is 8.88. The number of Topliss-reactive ketones (excluding diaryl/α,β-unsaturated/α-hetero) is 1. The highest BCUT2D eigenvalue weighted by molar-refractivity contribution is 5.83. The summed E-state index contributed by atoms with van der Waals surface area (Å²) in [5.74, 6) is 1.55. The van der Waals surface area contributed by atoms with Gasteiger partial charge >= 0.3 is 0 Å². The van der Waals surface area contributed by atoms with Gasteiger partial charge in [-0.2, -0.15) is 0 Å². The van der Waals surface area contributed by atoms with E-state index in [0.29, 0.717) is 31.0 Å².